The van der Waals surface area contributed by atoms with Crippen LogP contribution in [0.4, 0.5) is 0 Å². The normalized spacial score (nSPS) is 20.9. The van der Waals surface area contributed by atoms with Gasteiger partial charge in [0.05, 0.1) is 13.2 Å². The molecule has 0 radical (unpaired) electrons. The van der Waals surface area contributed by atoms with Crippen molar-refractivity contribution in [2.75, 3.05) is 45.6 Å². The lowest BCUT2D eigenvalue weighted by atomic mass is 9.95. The maximum Gasteiger partial charge on any atom is 0.241 e. The average molecular weight is 396 g/mol. The molecule has 27 heavy (non-hydrogen) atoms. The Kier molecular flexibility index (Phi) is 6.52. The number of hydrogen-bond donors (Lipinski definition) is 2. The second-order valence-corrected chi connectivity index (χ2v) is 9.68. The summed E-state index contributed by atoms with van der Waals surface area (Å²) < 4.78 is 28.8. The lowest BCUT2D eigenvalue weighted by Crippen LogP contribution is -2.57. The summed E-state index contributed by atoms with van der Waals surface area (Å²) in [6, 6.07) is 7.99. The molecule has 2 aliphatic heterocycles. The molecular formula is C19H29N3O4S. The van der Waals surface area contributed by atoms with Crippen LogP contribution in [0.25, 0.3) is 0 Å². The minimum Gasteiger partial charge on any atom is -0.379 e. The molecule has 0 aliphatic carbocycles. The number of piperidine rings is 1. The molecule has 0 aromatic heterocycles. The van der Waals surface area contributed by atoms with Crippen LogP contribution in [0.5, 0.6) is 0 Å². The van der Waals surface area contributed by atoms with Crippen LogP contribution in [0.2, 0.25) is 0 Å². The van der Waals surface area contributed by atoms with Gasteiger partial charge in [0.1, 0.15) is 0 Å². The molecule has 0 atom stereocenters. The molecular weight excluding hydrogens is 366 g/mol. The van der Waals surface area contributed by atoms with Gasteiger partial charge in [-0.1, -0.05) is 24.3 Å². The number of benzene rings is 1. The van der Waals surface area contributed by atoms with E-state index >= 15 is 0 Å². The van der Waals surface area contributed by atoms with Gasteiger partial charge in [-0.25, -0.2) is 8.42 Å². The largest absolute Gasteiger partial charge is 0.379 e. The van der Waals surface area contributed by atoms with Crippen LogP contribution in [-0.2, 0) is 32.5 Å². The zero-order chi connectivity index (χ0) is 19.3. The van der Waals surface area contributed by atoms with E-state index < -0.39 is 14.6 Å². The van der Waals surface area contributed by atoms with Crippen molar-refractivity contribution in [3.63, 3.8) is 0 Å². The molecule has 2 N–H and O–H groups in total. The Morgan fingerprint density at radius 1 is 1.19 bits per heavy atom. The highest BCUT2D eigenvalue weighted by Gasteiger charge is 2.48. The molecule has 2 aliphatic rings. The number of hydrogen-bond acceptors (Lipinski definition) is 6. The number of morpholine rings is 1. The van der Waals surface area contributed by atoms with Crippen molar-refractivity contribution in [3.8, 4) is 0 Å². The van der Waals surface area contributed by atoms with Gasteiger partial charge in [0.15, 0.2) is 14.6 Å². The Hall–Kier alpha value is -1.48. The Morgan fingerprint density at radius 2 is 1.81 bits per heavy atom. The van der Waals surface area contributed by atoms with Gasteiger partial charge in [0.2, 0.25) is 5.91 Å². The van der Waals surface area contributed by atoms with E-state index in [1.165, 1.54) is 6.26 Å². The number of sulfone groups is 1. The van der Waals surface area contributed by atoms with E-state index in [9.17, 15) is 13.2 Å². The van der Waals surface area contributed by atoms with Crippen molar-refractivity contribution in [2.45, 2.75) is 30.7 Å². The summed E-state index contributed by atoms with van der Waals surface area (Å²) in [5, 5.41) is 6.04. The number of nitrogens with zero attached hydrogens (tertiary/aromatic N) is 1. The number of carbonyl (C=O) groups is 1. The molecule has 1 aromatic carbocycles. The SMILES string of the molecule is CS(=O)(=O)C1(C(=O)NCc2ccccc2CN2CCOCC2)CCNCC1. The molecule has 1 aromatic rings. The van der Waals surface area contributed by atoms with Gasteiger partial charge >= 0.3 is 0 Å². The summed E-state index contributed by atoms with van der Waals surface area (Å²) in [7, 11) is -3.50. The van der Waals surface area contributed by atoms with Crippen molar-refractivity contribution in [1.29, 1.82) is 0 Å². The van der Waals surface area contributed by atoms with Crippen molar-refractivity contribution < 1.29 is 17.9 Å². The van der Waals surface area contributed by atoms with E-state index in [4.69, 9.17) is 4.74 Å². The van der Waals surface area contributed by atoms with Gasteiger partial charge in [-0.3, -0.25) is 9.69 Å². The fourth-order valence-electron chi connectivity index (χ4n) is 3.82. The van der Waals surface area contributed by atoms with Crippen LogP contribution in [0.15, 0.2) is 24.3 Å². The fourth-order valence-corrected chi connectivity index (χ4v) is 5.17. The molecule has 2 heterocycles. The van der Waals surface area contributed by atoms with Gasteiger partial charge in [-0.2, -0.15) is 0 Å². The summed E-state index contributed by atoms with van der Waals surface area (Å²) in [5.74, 6) is -0.382. The van der Waals surface area contributed by atoms with Crippen molar-refractivity contribution in [2.24, 2.45) is 0 Å². The summed E-state index contributed by atoms with van der Waals surface area (Å²) in [6.45, 7) is 5.48. The van der Waals surface area contributed by atoms with Crippen LogP contribution in [-0.4, -0.2) is 69.6 Å². The highest BCUT2D eigenvalue weighted by molar-refractivity contribution is 7.92. The molecule has 0 unspecified atom stereocenters. The first-order chi connectivity index (χ1) is 12.9. The second-order valence-electron chi connectivity index (χ2n) is 7.36. The van der Waals surface area contributed by atoms with Crippen molar-refractivity contribution in [1.82, 2.24) is 15.5 Å². The third kappa shape index (κ3) is 4.68. The monoisotopic (exact) mass is 395 g/mol. The first kappa shape index (κ1) is 20.3. The molecule has 3 rings (SSSR count). The van der Waals surface area contributed by atoms with Gasteiger partial charge in [-0.05, 0) is 37.1 Å². The van der Waals surface area contributed by atoms with Gasteiger partial charge in [-0.15, -0.1) is 0 Å². The van der Waals surface area contributed by atoms with Crippen LogP contribution < -0.4 is 10.6 Å². The van der Waals surface area contributed by atoms with E-state index in [1.54, 1.807) is 0 Å². The Bertz CT molecular complexity index is 754. The smallest absolute Gasteiger partial charge is 0.241 e. The fraction of sp³-hybridized carbons (Fsp3) is 0.632. The molecule has 8 heteroatoms. The molecule has 0 spiro atoms. The van der Waals surface area contributed by atoms with Crippen LogP contribution in [0.3, 0.4) is 0 Å². The van der Waals surface area contributed by atoms with Crippen molar-refractivity contribution in [3.05, 3.63) is 35.4 Å². The zero-order valence-corrected chi connectivity index (χ0v) is 16.7. The quantitative estimate of drug-likeness (QED) is 0.721. The molecule has 0 saturated carbocycles. The maximum atomic E-state index is 12.9. The van der Waals surface area contributed by atoms with E-state index in [0.29, 0.717) is 32.5 Å². The maximum absolute atomic E-state index is 12.9. The topological polar surface area (TPSA) is 87.7 Å². The zero-order valence-electron chi connectivity index (χ0n) is 15.9. The number of nitrogens with one attached hydrogen (secondary N) is 2. The Balaban J connectivity index is 1.69. The first-order valence-corrected chi connectivity index (χ1v) is 11.4. The van der Waals surface area contributed by atoms with E-state index in [-0.39, 0.29) is 5.91 Å². The molecule has 7 nitrogen and oxygen atoms in total. The number of carbonyl (C=O) groups excluding carboxylic acids is 1. The number of amides is 1. The summed E-state index contributed by atoms with van der Waals surface area (Å²) in [5.41, 5.74) is 2.17. The molecule has 2 saturated heterocycles. The third-order valence-electron chi connectivity index (χ3n) is 5.59. The van der Waals surface area contributed by atoms with E-state index in [1.807, 2.05) is 18.2 Å². The summed E-state index contributed by atoms with van der Waals surface area (Å²) >= 11 is 0. The molecule has 150 valence electrons. The molecule has 1 amide bonds. The minimum absolute atomic E-state index is 0.313. The highest BCUT2D eigenvalue weighted by Crippen LogP contribution is 2.28. The first-order valence-electron chi connectivity index (χ1n) is 9.48. The van der Waals surface area contributed by atoms with Gasteiger partial charge in [0.25, 0.3) is 0 Å². The number of rotatable bonds is 6. The molecule has 0 bridgehead atoms. The molecule has 2 fully saturated rings. The van der Waals surface area contributed by atoms with Crippen LogP contribution >= 0.6 is 0 Å². The lowest BCUT2D eigenvalue weighted by molar-refractivity contribution is -0.124. The van der Waals surface area contributed by atoms with E-state index in [2.05, 4.69) is 21.6 Å². The minimum atomic E-state index is -3.50. The van der Waals surface area contributed by atoms with Gasteiger partial charge < -0.3 is 15.4 Å². The number of ether oxygens (including phenoxy) is 1. The Morgan fingerprint density at radius 3 is 2.44 bits per heavy atom. The third-order valence-corrected chi connectivity index (χ3v) is 7.60. The predicted octanol–water partition coefficient (Wildman–Crippen LogP) is 0.302. The summed E-state index contributed by atoms with van der Waals surface area (Å²) in [4.78, 5) is 15.2. The van der Waals surface area contributed by atoms with Crippen LogP contribution in [0.1, 0.15) is 24.0 Å². The summed E-state index contributed by atoms with van der Waals surface area (Å²) in [6.07, 6.45) is 1.80. The Labute approximate surface area is 161 Å². The van der Waals surface area contributed by atoms with Crippen LogP contribution in [0, 0.1) is 0 Å². The van der Waals surface area contributed by atoms with Gasteiger partial charge in [0, 0.05) is 32.4 Å². The standard InChI is InChI=1S/C19H29N3O4S/c1-27(24,25)19(6-8-20-9-7-19)18(23)21-14-16-4-2-3-5-17(16)15-22-10-12-26-13-11-22/h2-5,20H,6-15H2,1H3,(H,21,23). The lowest BCUT2D eigenvalue weighted by Gasteiger charge is -2.34. The average Bonchev–Trinajstić information content (AvgIpc) is 2.67. The second kappa shape index (κ2) is 8.68. The van der Waals surface area contributed by atoms with E-state index in [0.717, 1.165) is 44.0 Å². The highest BCUT2D eigenvalue weighted by atomic mass is 32.2. The van der Waals surface area contributed by atoms with Crippen molar-refractivity contribution >= 4 is 15.7 Å². The predicted molar refractivity (Wildman–Crippen MR) is 104 cm³/mol.